The topological polar surface area (TPSA) is 56.3 Å². The zero-order valence-corrected chi connectivity index (χ0v) is 17.3. The molecule has 1 aliphatic carbocycles. The van der Waals surface area contributed by atoms with Gasteiger partial charge in [0.15, 0.2) is 11.6 Å². The lowest BCUT2D eigenvalue weighted by Gasteiger charge is -2.19. The van der Waals surface area contributed by atoms with E-state index >= 15 is 0 Å². The fourth-order valence-electron chi connectivity index (χ4n) is 3.85. The van der Waals surface area contributed by atoms with Crippen LogP contribution in [0.5, 0.6) is 0 Å². The molecule has 0 radical (unpaired) electrons. The number of aryl methyl sites for hydroxylation is 1. The molecule has 2 heterocycles. The van der Waals surface area contributed by atoms with Gasteiger partial charge in [-0.1, -0.05) is 36.7 Å². The predicted molar refractivity (Wildman–Crippen MR) is 111 cm³/mol. The molecular weight excluding hydrogens is 394 g/mol. The van der Waals surface area contributed by atoms with Crippen molar-refractivity contribution >= 4 is 34.5 Å². The van der Waals surface area contributed by atoms with Gasteiger partial charge in [0.25, 0.3) is 0 Å². The van der Waals surface area contributed by atoms with Crippen molar-refractivity contribution in [2.75, 3.05) is 13.2 Å². The summed E-state index contributed by atoms with van der Waals surface area (Å²) in [7, 11) is 0. The van der Waals surface area contributed by atoms with Gasteiger partial charge in [0.1, 0.15) is 10.9 Å². The number of Topliss-reactive ketones (excluding diaryl/α,β-unsaturated/α-hetero) is 2. The maximum absolute atomic E-state index is 13.1. The van der Waals surface area contributed by atoms with E-state index in [9.17, 15) is 9.59 Å². The number of carbonyl (C=O) groups is 2. The summed E-state index contributed by atoms with van der Waals surface area (Å²) < 4.78 is 5.39. The van der Waals surface area contributed by atoms with Crippen LogP contribution >= 0.6 is 22.9 Å². The Morgan fingerprint density at radius 2 is 1.93 bits per heavy atom. The molecule has 0 spiro atoms. The van der Waals surface area contributed by atoms with E-state index in [1.54, 1.807) is 11.3 Å². The van der Waals surface area contributed by atoms with Gasteiger partial charge in [-0.2, -0.15) is 0 Å². The van der Waals surface area contributed by atoms with Crippen LogP contribution in [0.4, 0.5) is 0 Å². The molecule has 4 rings (SSSR count). The summed E-state index contributed by atoms with van der Waals surface area (Å²) in [5.41, 5.74) is 2.25. The van der Waals surface area contributed by atoms with Crippen molar-refractivity contribution in [2.45, 2.75) is 38.5 Å². The number of aromatic nitrogens is 1. The van der Waals surface area contributed by atoms with Gasteiger partial charge in [-0.3, -0.25) is 9.59 Å². The molecule has 28 heavy (non-hydrogen) atoms. The molecule has 1 unspecified atom stereocenters. The van der Waals surface area contributed by atoms with E-state index in [2.05, 4.69) is 0 Å². The Kier molecular flexibility index (Phi) is 5.76. The van der Waals surface area contributed by atoms with Gasteiger partial charge >= 0.3 is 0 Å². The smallest absolute Gasteiger partial charge is 0.175 e. The van der Waals surface area contributed by atoms with Gasteiger partial charge in [0, 0.05) is 35.1 Å². The maximum atomic E-state index is 13.1. The number of nitrogens with zero attached hydrogens (tertiary/aromatic N) is 1. The van der Waals surface area contributed by atoms with Crippen LogP contribution in [0.15, 0.2) is 35.9 Å². The zero-order valence-electron chi connectivity index (χ0n) is 15.7. The fraction of sp³-hybridized carbons (Fsp3) is 0.409. The Morgan fingerprint density at radius 1 is 1.21 bits per heavy atom. The second-order valence-corrected chi connectivity index (χ2v) is 8.79. The van der Waals surface area contributed by atoms with Gasteiger partial charge in [-0.25, -0.2) is 4.98 Å². The highest BCUT2D eigenvalue weighted by Gasteiger charge is 2.41. The Hall–Kier alpha value is -1.82. The van der Waals surface area contributed by atoms with Crippen molar-refractivity contribution in [3.05, 3.63) is 51.5 Å². The SMILES string of the molecule is CCc1sc(-c2ccc(Cl)cc2)nc1C1C(=O)C/C(=C\C2CCOCC2)C1=O. The summed E-state index contributed by atoms with van der Waals surface area (Å²) >= 11 is 7.53. The third-order valence-electron chi connectivity index (χ3n) is 5.38. The average Bonchev–Trinajstić information content (AvgIpc) is 3.23. The number of hydrogen-bond donors (Lipinski definition) is 0. The molecule has 146 valence electrons. The molecule has 1 aliphatic heterocycles. The minimum absolute atomic E-state index is 0.0361. The first-order valence-corrected chi connectivity index (χ1v) is 10.9. The lowest BCUT2D eigenvalue weighted by Crippen LogP contribution is -2.16. The first kappa shape index (κ1) is 19.5. The van der Waals surface area contributed by atoms with Gasteiger partial charge in [0.2, 0.25) is 0 Å². The molecule has 2 aliphatic rings. The quantitative estimate of drug-likeness (QED) is 0.520. The molecule has 1 atom stereocenters. The Labute approximate surface area is 173 Å². The Balaban J connectivity index is 1.64. The van der Waals surface area contributed by atoms with Gasteiger partial charge in [0.05, 0.1) is 5.69 Å². The molecule has 1 aromatic carbocycles. The standard InChI is InChI=1S/C22H22ClNO3S/c1-2-18-20(24-22(28-18)14-3-5-16(23)6-4-14)19-17(25)12-15(21(19)26)11-13-7-9-27-10-8-13/h3-6,11,13,19H,2,7-10,12H2,1H3/b15-11+. The van der Waals surface area contributed by atoms with E-state index in [1.807, 2.05) is 37.3 Å². The zero-order chi connectivity index (χ0) is 19.7. The molecule has 1 aromatic heterocycles. The molecule has 2 fully saturated rings. The first-order chi connectivity index (χ1) is 13.6. The average molecular weight is 416 g/mol. The van der Waals surface area contributed by atoms with Crippen LogP contribution in [0.3, 0.4) is 0 Å². The van der Waals surface area contributed by atoms with Crippen LogP contribution in [-0.4, -0.2) is 29.8 Å². The van der Waals surface area contributed by atoms with Crippen molar-refractivity contribution in [2.24, 2.45) is 5.92 Å². The number of thiazole rings is 1. The molecule has 4 nitrogen and oxygen atoms in total. The fourth-order valence-corrected chi connectivity index (χ4v) is 5.02. The normalized spacial score (nSPS) is 22.4. The molecule has 2 aromatic rings. The lowest BCUT2D eigenvalue weighted by molar-refractivity contribution is -0.123. The van der Waals surface area contributed by atoms with E-state index in [0.29, 0.717) is 22.2 Å². The monoisotopic (exact) mass is 415 g/mol. The lowest BCUT2D eigenvalue weighted by atomic mass is 9.95. The third kappa shape index (κ3) is 3.84. The minimum atomic E-state index is -0.752. The highest BCUT2D eigenvalue weighted by Crippen LogP contribution is 2.39. The van der Waals surface area contributed by atoms with E-state index < -0.39 is 5.92 Å². The first-order valence-electron chi connectivity index (χ1n) is 9.67. The number of benzene rings is 1. The highest BCUT2D eigenvalue weighted by molar-refractivity contribution is 7.15. The Bertz CT molecular complexity index is 926. The number of carbonyl (C=O) groups excluding carboxylic acids is 2. The van der Waals surface area contributed by atoms with Crippen molar-refractivity contribution < 1.29 is 14.3 Å². The molecule has 6 heteroatoms. The van der Waals surface area contributed by atoms with E-state index in [4.69, 9.17) is 21.3 Å². The molecule has 0 amide bonds. The highest BCUT2D eigenvalue weighted by atomic mass is 35.5. The number of ketones is 2. The van der Waals surface area contributed by atoms with Crippen molar-refractivity contribution in [1.29, 1.82) is 0 Å². The minimum Gasteiger partial charge on any atom is -0.381 e. The van der Waals surface area contributed by atoms with Crippen LogP contribution in [-0.2, 0) is 20.7 Å². The maximum Gasteiger partial charge on any atom is 0.175 e. The van der Waals surface area contributed by atoms with Crippen molar-refractivity contribution in [3.63, 3.8) is 0 Å². The van der Waals surface area contributed by atoms with E-state index in [0.717, 1.165) is 47.9 Å². The summed E-state index contributed by atoms with van der Waals surface area (Å²) in [5, 5.41) is 1.49. The van der Waals surface area contributed by atoms with Gasteiger partial charge in [-0.05, 0) is 42.9 Å². The van der Waals surface area contributed by atoms with Gasteiger partial charge < -0.3 is 4.74 Å². The van der Waals surface area contributed by atoms with Crippen LogP contribution in [0.1, 0.15) is 42.7 Å². The molecule has 1 saturated heterocycles. The summed E-state index contributed by atoms with van der Waals surface area (Å²) in [5.74, 6) is -0.534. The molecule has 0 bridgehead atoms. The molecular formula is C22H22ClNO3S. The summed E-state index contributed by atoms with van der Waals surface area (Å²) in [6, 6.07) is 7.48. The number of rotatable bonds is 4. The predicted octanol–water partition coefficient (Wildman–Crippen LogP) is 5.00. The molecule has 0 N–H and O–H groups in total. The third-order valence-corrected chi connectivity index (χ3v) is 6.90. The van der Waals surface area contributed by atoms with E-state index in [1.165, 1.54) is 0 Å². The van der Waals surface area contributed by atoms with Crippen molar-refractivity contribution in [3.8, 4) is 10.6 Å². The molecule has 1 saturated carbocycles. The second kappa shape index (κ2) is 8.27. The summed E-state index contributed by atoms with van der Waals surface area (Å²) in [4.78, 5) is 31.6. The van der Waals surface area contributed by atoms with E-state index in [-0.39, 0.29) is 18.0 Å². The Morgan fingerprint density at radius 3 is 2.61 bits per heavy atom. The van der Waals surface area contributed by atoms with Crippen LogP contribution in [0, 0.1) is 5.92 Å². The second-order valence-electron chi connectivity index (χ2n) is 7.27. The van der Waals surface area contributed by atoms with Crippen LogP contribution < -0.4 is 0 Å². The number of ether oxygens (including phenoxy) is 1. The van der Waals surface area contributed by atoms with Crippen molar-refractivity contribution in [1.82, 2.24) is 4.98 Å². The summed E-state index contributed by atoms with van der Waals surface area (Å²) in [6.45, 7) is 3.47. The number of halogens is 1. The summed E-state index contributed by atoms with van der Waals surface area (Å²) in [6.07, 6.45) is 4.80. The largest absolute Gasteiger partial charge is 0.381 e. The van der Waals surface area contributed by atoms with Crippen LogP contribution in [0.2, 0.25) is 5.02 Å². The number of allylic oxidation sites excluding steroid dienone is 2. The van der Waals surface area contributed by atoms with Gasteiger partial charge in [-0.15, -0.1) is 11.3 Å². The number of hydrogen-bond acceptors (Lipinski definition) is 5. The van der Waals surface area contributed by atoms with Crippen LogP contribution in [0.25, 0.3) is 10.6 Å².